The van der Waals surface area contributed by atoms with Crippen LogP contribution in [0.2, 0.25) is 0 Å². The number of hydrogen-bond acceptors (Lipinski definition) is 1. The molecule has 0 amide bonds. The van der Waals surface area contributed by atoms with Crippen molar-refractivity contribution in [1.29, 1.82) is 0 Å². The minimum Gasteiger partial charge on any atom is -0.298 e. The zero-order valence-corrected chi connectivity index (χ0v) is 10.4. The Bertz CT molecular complexity index is 326. The quantitative estimate of drug-likeness (QED) is 0.392. The van der Waals surface area contributed by atoms with Gasteiger partial charge in [0, 0.05) is 0 Å². The van der Waals surface area contributed by atoms with Crippen molar-refractivity contribution in [3.63, 3.8) is 0 Å². The van der Waals surface area contributed by atoms with Gasteiger partial charge in [-0.25, -0.2) is 0 Å². The van der Waals surface area contributed by atoms with Gasteiger partial charge in [0.25, 0.3) is 0 Å². The topological polar surface area (TPSA) is 17.1 Å². The lowest BCUT2D eigenvalue weighted by Crippen LogP contribution is -2.29. The van der Waals surface area contributed by atoms with Crippen LogP contribution in [0.4, 0.5) is 0 Å². The van der Waals surface area contributed by atoms with E-state index in [9.17, 15) is 4.79 Å². The zero-order chi connectivity index (χ0) is 11.7. The van der Waals surface area contributed by atoms with Gasteiger partial charge < -0.3 is 0 Å². The summed E-state index contributed by atoms with van der Waals surface area (Å²) in [4.78, 5) is 10.7. The average Bonchev–Trinajstić information content (AvgIpc) is 2.66. The molecule has 2 aliphatic carbocycles. The first-order chi connectivity index (χ1) is 7.63. The molecule has 4 atom stereocenters. The molecular weight excluding hydrogens is 196 g/mol. The Kier molecular flexibility index (Phi) is 3.32. The van der Waals surface area contributed by atoms with Crippen LogP contribution in [0.25, 0.3) is 0 Å². The monoisotopic (exact) mass is 218 g/mol. The van der Waals surface area contributed by atoms with Crippen LogP contribution < -0.4 is 0 Å². The van der Waals surface area contributed by atoms with Crippen molar-refractivity contribution < 1.29 is 4.79 Å². The molecular formula is C15H22O. The van der Waals surface area contributed by atoms with E-state index >= 15 is 0 Å². The molecule has 0 saturated heterocycles. The Balaban J connectivity index is 2.20. The first kappa shape index (κ1) is 11.6. The van der Waals surface area contributed by atoms with Crippen LogP contribution in [-0.4, -0.2) is 6.29 Å². The summed E-state index contributed by atoms with van der Waals surface area (Å²) in [5.74, 6) is 2.88. The van der Waals surface area contributed by atoms with E-state index in [0.29, 0.717) is 11.8 Å². The van der Waals surface area contributed by atoms with Gasteiger partial charge in [0.05, 0.1) is 0 Å². The van der Waals surface area contributed by atoms with Crippen LogP contribution in [0, 0.1) is 23.7 Å². The molecule has 1 heteroatoms. The van der Waals surface area contributed by atoms with Gasteiger partial charge in [-0.2, -0.15) is 0 Å². The number of hydrogen-bond donors (Lipinski definition) is 0. The Labute approximate surface area is 98.6 Å². The number of aldehydes is 1. The first-order valence-electron chi connectivity index (χ1n) is 6.44. The summed E-state index contributed by atoms with van der Waals surface area (Å²) in [5.41, 5.74) is 2.31. The Morgan fingerprint density at radius 2 is 2.12 bits per heavy atom. The highest BCUT2D eigenvalue weighted by atomic mass is 16.1. The highest BCUT2D eigenvalue weighted by molar-refractivity contribution is 5.72. The third-order valence-corrected chi connectivity index (χ3v) is 4.54. The molecule has 0 aliphatic heterocycles. The fraction of sp³-hybridized carbons (Fsp3) is 0.667. The fourth-order valence-corrected chi connectivity index (χ4v) is 3.67. The van der Waals surface area contributed by atoms with Crippen LogP contribution in [0.1, 0.15) is 39.5 Å². The van der Waals surface area contributed by atoms with E-state index in [0.717, 1.165) is 23.7 Å². The van der Waals surface area contributed by atoms with Crippen molar-refractivity contribution in [2.75, 3.05) is 0 Å². The van der Waals surface area contributed by atoms with Crippen LogP contribution >= 0.6 is 0 Å². The number of carbonyl (C=O) groups excluding carboxylic acids is 1. The summed E-state index contributed by atoms with van der Waals surface area (Å²) < 4.78 is 0. The molecule has 0 aromatic carbocycles. The molecule has 2 rings (SSSR count). The minimum absolute atomic E-state index is 0.571. The van der Waals surface area contributed by atoms with Gasteiger partial charge in [0.1, 0.15) is 6.29 Å². The molecule has 2 saturated carbocycles. The third-order valence-electron chi connectivity index (χ3n) is 4.54. The second-order valence-corrected chi connectivity index (χ2v) is 5.63. The molecule has 0 bridgehead atoms. The number of allylic oxidation sites excluding steroid dienone is 3. The predicted octanol–water partition coefficient (Wildman–Crippen LogP) is 3.76. The van der Waals surface area contributed by atoms with Crippen molar-refractivity contribution in [2.45, 2.75) is 39.5 Å². The lowest BCUT2D eigenvalue weighted by molar-refractivity contribution is -0.104. The first-order valence-corrected chi connectivity index (χ1v) is 6.44. The molecule has 0 N–H and O–H groups in total. The zero-order valence-electron chi connectivity index (χ0n) is 10.4. The second-order valence-electron chi connectivity index (χ2n) is 5.63. The maximum Gasteiger partial charge on any atom is 0.145 e. The van der Waals surface area contributed by atoms with Gasteiger partial charge in [-0.15, -0.1) is 0 Å². The normalized spacial score (nSPS) is 39.6. The predicted molar refractivity (Wildman–Crippen MR) is 67.1 cm³/mol. The molecule has 0 aromatic heterocycles. The number of fused-ring (bicyclic) bond motifs is 1. The van der Waals surface area contributed by atoms with Crippen molar-refractivity contribution in [3.8, 4) is 0 Å². The molecule has 2 fully saturated rings. The van der Waals surface area contributed by atoms with E-state index in [1.165, 1.54) is 31.3 Å². The fourth-order valence-electron chi connectivity index (χ4n) is 3.67. The van der Waals surface area contributed by atoms with Crippen molar-refractivity contribution in [2.24, 2.45) is 23.7 Å². The molecule has 2 aliphatic rings. The lowest BCUT2D eigenvalue weighted by atomic mass is 9.67. The van der Waals surface area contributed by atoms with Gasteiger partial charge in [-0.1, -0.05) is 25.2 Å². The van der Waals surface area contributed by atoms with E-state index < -0.39 is 0 Å². The van der Waals surface area contributed by atoms with E-state index in [1.807, 2.05) is 6.92 Å². The van der Waals surface area contributed by atoms with Crippen molar-refractivity contribution >= 4 is 6.29 Å². The second kappa shape index (κ2) is 4.57. The van der Waals surface area contributed by atoms with Crippen LogP contribution in [0.15, 0.2) is 23.8 Å². The Morgan fingerprint density at radius 3 is 2.81 bits per heavy atom. The summed E-state index contributed by atoms with van der Waals surface area (Å²) >= 11 is 0. The minimum atomic E-state index is 0.571. The maximum absolute atomic E-state index is 10.7. The average molecular weight is 218 g/mol. The molecule has 0 radical (unpaired) electrons. The number of carbonyl (C=O) groups is 1. The Morgan fingerprint density at radius 1 is 1.38 bits per heavy atom. The molecule has 1 nitrogen and oxygen atoms in total. The molecule has 0 heterocycles. The summed E-state index contributed by atoms with van der Waals surface area (Å²) in [7, 11) is 0. The SMILES string of the molecule is C=C1CC[C@H]2[C@@H]1[C@H](/C=C(\C)C=O)CC[C@H]2C. The van der Waals surface area contributed by atoms with Gasteiger partial charge in [0.15, 0.2) is 0 Å². The standard InChI is InChI=1S/C15H22O/c1-10(9-16)8-13-6-4-11(2)14-7-5-12(3)15(13)14/h8-9,11,13-15H,3-7H2,1-2H3/b10-8+/t11-,13+,14-,15+/m1/s1. The lowest BCUT2D eigenvalue weighted by Gasteiger charge is -2.37. The van der Waals surface area contributed by atoms with Crippen molar-refractivity contribution in [1.82, 2.24) is 0 Å². The summed E-state index contributed by atoms with van der Waals surface area (Å²) in [6.07, 6.45) is 8.21. The molecule has 0 unspecified atom stereocenters. The maximum atomic E-state index is 10.7. The molecule has 0 spiro atoms. The van der Waals surface area contributed by atoms with Crippen LogP contribution in [0.5, 0.6) is 0 Å². The molecule has 0 aromatic rings. The highest BCUT2D eigenvalue weighted by Gasteiger charge is 2.41. The van der Waals surface area contributed by atoms with E-state index in [2.05, 4.69) is 19.6 Å². The summed E-state index contributed by atoms with van der Waals surface area (Å²) in [5, 5.41) is 0. The van der Waals surface area contributed by atoms with Gasteiger partial charge in [-0.3, -0.25) is 4.79 Å². The molecule has 16 heavy (non-hydrogen) atoms. The van der Waals surface area contributed by atoms with Gasteiger partial charge in [0.2, 0.25) is 0 Å². The third kappa shape index (κ3) is 2.00. The Hall–Kier alpha value is -0.850. The summed E-state index contributed by atoms with van der Waals surface area (Å²) in [6.45, 7) is 8.53. The van der Waals surface area contributed by atoms with Crippen LogP contribution in [-0.2, 0) is 4.79 Å². The van der Waals surface area contributed by atoms with E-state index in [-0.39, 0.29) is 0 Å². The summed E-state index contributed by atoms with van der Waals surface area (Å²) in [6, 6.07) is 0. The van der Waals surface area contributed by atoms with E-state index in [4.69, 9.17) is 0 Å². The smallest absolute Gasteiger partial charge is 0.145 e. The number of rotatable bonds is 2. The van der Waals surface area contributed by atoms with Crippen molar-refractivity contribution in [3.05, 3.63) is 23.8 Å². The highest BCUT2D eigenvalue weighted by Crippen LogP contribution is 2.50. The van der Waals surface area contributed by atoms with Gasteiger partial charge in [-0.05, 0) is 61.9 Å². The van der Waals surface area contributed by atoms with Gasteiger partial charge >= 0.3 is 0 Å². The molecule has 88 valence electrons. The van der Waals surface area contributed by atoms with Crippen LogP contribution in [0.3, 0.4) is 0 Å². The largest absolute Gasteiger partial charge is 0.298 e. The van der Waals surface area contributed by atoms with E-state index in [1.54, 1.807) is 0 Å².